The van der Waals surface area contributed by atoms with Crippen LogP contribution >= 0.6 is 0 Å². The fourth-order valence-electron chi connectivity index (χ4n) is 4.07. The maximum atomic E-state index is 12.8. The first-order chi connectivity index (χ1) is 12.0. The molecule has 25 heavy (non-hydrogen) atoms. The van der Waals surface area contributed by atoms with Crippen LogP contribution in [0.25, 0.3) is 0 Å². The Morgan fingerprint density at radius 3 is 2.72 bits per heavy atom. The maximum absolute atomic E-state index is 12.8. The summed E-state index contributed by atoms with van der Waals surface area (Å²) in [6.45, 7) is 7.11. The van der Waals surface area contributed by atoms with Crippen molar-refractivity contribution in [3.8, 4) is 0 Å². The zero-order valence-electron chi connectivity index (χ0n) is 15.5. The Hall–Kier alpha value is -1.89. The van der Waals surface area contributed by atoms with Gasteiger partial charge in [-0.1, -0.05) is 20.3 Å². The quantitative estimate of drug-likeness (QED) is 0.836. The number of hydrogen-bond acceptors (Lipinski definition) is 4. The molecule has 2 amide bonds. The molecule has 2 atom stereocenters. The average Bonchev–Trinajstić information content (AvgIpc) is 3.06. The predicted octanol–water partition coefficient (Wildman–Crippen LogP) is 1.40. The molecule has 2 bridgehead atoms. The fraction of sp³-hybridized carbons (Fsp3) is 0.722. The monoisotopic (exact) mass is 347 g/mol. The molecule has 2 aliphatic rings. The summed E-state index contributed by atoms with van der Waals surface area (Å²) >= 11 is 0. The van der Waals surface area contributed by atoms with Gasteiger partial charge in [-0.25, -0.2) is 0 Å². The molecular weight excluding hydrogens is 318 g/mol. The van der Waals surface area contributed by atoms with Crippen LogP contribution in [0, 0.1) is 0 Å². The molecule has 3 rings (SSSR count). The van der Waals surface area contributed by atoms with E-state index in [4.69, 9.17) is 0 Å². The van der Waals surface area contributed by atoms with Crippen molar-refractivity contribution in [2.45, 2.75) is 58.0 Å². The normalized spacial score (nSPS) is 23.6. The van der Waals surface area contributed by atoms with Gasteiger partial charge < -0.3 is 15.1 Å². The largest absolute Gasteiger partial charge is 0.327 e. The van der Waals surface area contributed by atoms with Crippen molar-refractivity contribution in [2.75, 3.05) is 25.0 Å². The van der Waals surface area contributed by atoms with E-state index >= 15 is 0 Å². The molecule has 7 heteroatoms. The number of aromatic nitrogens is 2. The van der Waals surface area contributed by atoms with E-state index in [0.29, 0.717) is 5.82 Å². The Balaban J connectivity index is 1.69. The highest BCUT2D eigenvalue weighted by Gasteiger charge is 2.41. The van der Waals surface area contributed by atoms with Crippen LogP contribution < -0.4 is 5.32 Å². The first kappa shape index (κ1) is 17.9. The molecule has 138 valence electrons. The Morgan fingerprint density at radius 2 is 2.00 bits per heavy atom. The number of carbonyl (C=O) groups excluding carboxylic acids is 2. The third-order valence-electron chi connectivity index (χ3n) is 5.42. The minimum atomic E-state index is -0.548. The van der Waals surface area contributed by atoms with Crippen LogP contribution in [0.15, 0.2) is 6.07 Å². The third-order valence-corrected chi connectivity index (χ3v) is 5.42. The Bertz CT molecular complexity index is 641. The van der Waals surface area contributed by atoms with Gasteiger partial charge in [0.25, 0.3) is 0 Å². The van der Waals surface area contributed by atoms with E-state index in [2.05, 4.69) is 29.2 Å². The minimum Gasteiger partial charge on any atom is -0.327 e. The molecule has 1 aromatic heterocycles. The zero-order chi connectivity index (χ0) is 18.0. The molecule has 3 heterocycles. The summed E-state index contributed by atoms with van der Waals surface area (Å²) in [5.74, 6) is -0.365. The van der Waals surface area contributed by atoms with Crippen molar-refractivity contribution in [2.24, 2.45) is 7.05 Å². The van der Waals surface area contributed by atoms with Crippen LogP contribution in [0.4, 0.5) is 5.82 Å². The number of hydrogen-bond donors (Lipinski definition) is 1. The van der Waals surface area contributed by atoms with Crippen molar-refractivity contribution in [3.05, 3.63) is 11.8 Å². The predicted molar refractivity (Wildman–Crippen MR) is 96.2 cm³/mol. The summed E-state index contributed by atoms with van der Waals surface area (Å²) < 4.78 is 1.63. The van der Waals surface area contributed by atoms with Crippen LogP contribution in [-0.4, -0.2) is 63.1 Å². The number of fused-ring (bicyclic) bond motifs is 2. The van der Waals surface area contributed by atoms with Crippen LogP contribution in [-0.2, 0) is 23.1 Å². The van der Waals surface area contributed by atoms with Crippen molar-refractivity contribution >= 4 is 17.6 Å². The molecule has 0 aliphatic carbocycles. The topological polar surface area (TPSA) is 70.5 Å². The van der Waals surface area contributed by atoms with E-state index in [-0.39, 0.29) is 12.1 Å². The van der Waals surface area contributed by atoms with Gasteiger partial charge >= 0.3 is 11.8 Å². The number of likely N-dealkylation sites (tertiary alicyclic amines) is 1. The SMILES string of the molecule is CCCc1cc(NC(=O)C(=O)N2[C@H]3CC[C@H]2CN(CC)CC3)n(C)n1. The molecular formula is C18H29N5O2. The molecule has 0 radical (unpaired) electrons. The summed E-state index contributed by atoms with van der Waals surface area (Å²) in [7, 11) is 1.79. The summed E-state index contributed by atoms with van der Waals surface area (Å²) in [4.78, 5) is 29.6. The van der Waals surface area contributed by atoms with Crippen molar-refractivity contribution in [3.63, 3.8) is 0 Å². The number of anilines is 1. The van der Waals surface area contributed by atoms with E-state index in [1.54, 1.807) is 11.7 Å². The molecule has 2 fully saturated rings. The molecule has 1 aromatic rings. The average molecular weight is 347 g/mol. The molecule has 1 N–H and O–H groups in total. The lowest BCUT2D eigenvalue weighted by Gasteiger charge is -2.28. The minimum absolute atomic E-state index is 0.160. The van der Waals surface area contributed by atoms with Gasteiger partial charge in [0.15, 0.2) is 0 Å². The highest BCUT2D eigenvalue weighted by atomic mass is 16.2. The standard InChI is InChI=1S/C18H29N5O2/c1-4-6-13-11-16(21(3)20-13)19-17(24)18(25)23-14-7-8-15(23)12-22(5-2)10-9-14/h11,14-15H,4-10,12H2,1-3H3,(H,19,24)/t14-,15-/m0/s1. The van der Waals surface area contributed by atoms with Crippen molar-refractivity contribution < 1.29 is 9.59 Å². The molecule has 2 saturated heterocycles. The van der Waals surface area contributed by atoms with E-state index < -0.39 is 11.8 Å². The lowest BCUT2D eigenvalue weighted by Crippen LogP contribution is -2.48. The Morgan fingerprint density at radius 1 is 1.24 bits per heavy atom. The smallest absolute Gasteiger partial charge is 0.315 e. The number of rotatable bonds is 4. The third kappa shape index (κ3) is 3.71. The fourth-order valence-corrected chi connectivity index (χ4v) is 4.07. The second kappa shape index (κ2) is 7.56. The van der Waals surface area contributed by atoms with Gasteiger partial charge in [0.1, 0.15) is 5.82 Å². The lowest BCUT2D eigenvalue weighted by atomic mass is 10.1. The second-order valence-electron chi connectivity index (χ2n) is 7.13. The number of aryl methyl sites for hydroxylation is 2. The molecule has 0 spiro atoms. The maximum Gasteiger partial charge on any atom is 0.315 e. The first-order valence-corrected chi connectivity index (χ1v) is 9.42. The summed E-state index contributed by atoms with van der Waals surface area (Å²) in [6.07, 6.45) is 4.81. The van der Waals surface area contributed by atoms with E-state index in [1.165, 1.54) is 0 Å². The van der Waals surface area contributed by atoms with Crippen LogP contribution in [0.5, 0.6) is 0 Å². The molecule has 0 unspecified atom stereocenters. The Labute approximate surface area is 149 Å². The molecule has 2 aliphatic heterocycles. The zero-order valence-corrected chi connectivity index (χ0v) is 15.5. The lowest BCUT2D eigenvalue weighted by molar-refractivity contribution is -0.145. The highest BCUT2D eigenvalue weighted by Crippen LogP contribution is 2.30. The van der Waals surface area contributed by atoms with Crippen LogP contribution in [0.3, 0.4) is 0 Å². The first-order valence-electron chi connectivity index (χ1n) is 9.42. The van der Waals surface area contributed by atoms with Crippen LogP contribution in [0.1, 0.15) is 45.2 Å². The van der Waals surface area contributed by atoms with Crippen LogP contribution in [0.2, 0.25) is 0 Å². The molecule has 0 saturated carbocycles. The number of likely N-dealkylation sites (N-methyl/N-ethyl adjacent to an activating group) is 1. The second-order valence-corrected chi connectivity index (χ2v) is 7.13. The van der Waals surface area contributed by atoms with Gasteiger partial charge in [-0.3, -0.25) is 14.3 Å². The number of carbonyl (C=O) groups is 2. The summed E-state index contributed by atoms with van der Waals surface area (Å²) in [6, 6.07) is 2.21. The number of amides is 2. The number of nitrogens with zero attached hydrogens (tertiary/aromatic N) is 4. The van der Waals surface area contributed by atoms with Crippen molar-refractivity contribution in [1.82, 2.24) is 19.6 Å². The van der Waals surface area contributed by atoms with E-state index in [9.17, 15) is 9.59 Å². The van der Waals surface area contributed by atoms with Gasteiger partial charge in [0, 0.05) is 38.3 Å². The van der Waals surface area contributed by atoms with Crippen molar-refractivity contribution in [1.29, 1.82) is 0 Å². The van der Waals surface area contributed by atoms with E-state index in [0.717, 1.165) is 57.4 Å². The summed E-state index contributed by atoms with van der Waals surface area (Å²) in [5, 5.41) is 7.13. The van der Waals surface area contributed by atoms with Gasteiger partial charge in [-0.2, -0.15) is 5.10 Å². The Kier molecular flexibility index (Phi) is 5.42. The van der Waals surface area contributed by atoms with Gasteiger partial charge in [-0.15, -0.1) is 0 Å². The molecule has 0 aromatic carbocycles. The van der Waals surface area contributed by atoms with Gasteiger partial charge in [-0.05, 0) is 32.2 Å². The van der Waals surface area contributed by atoms with E-state index in [1.807, 2.05) is 11.0 Å². The summed E-state index contributed by atoms with van der Waals surface area (Å²) in [5.41, 5.74) is 0.932. The molecule has 7 nitrogen and oxygen atoms in total. The number of nitrogens with one attached hydrogen (secondary N) is 1. The highest BCUT2D eigenvalue weighted by molar-refractivity contribution is 6.39. The van der Waals surface area contributed by atoms with Gasteiger partial charge in [0.05, 0.1) is 5.69 Å². The van der Waals surface area contributed by atoms with Gasteiger partial charge in [0.2, 0.25) is 0 Å².